The number of rotatable bonds is 7. The van der Waals surface area contributed by atoms with Gasteiger partial charge in [-0.15, -0.1) is 5.10 Å². The average Bonchev–Trinajstić information content (AvgIpc) is 2.93. The summed E-state index contributed by atoms with van der Waals surface area (Å²) in [7, 11) is 1.59. The van der Waals surface area contributed by atoms with Crippen molar-refractivity contribution in [2.45, 2.75) is 19.9 Å². The van der Waals surface area contributed by atoms with Crippen LogP contribution >= 0.6 is 0 Å². The number of aliphatic hydroxyl groups is 1. The number of methoxy groups -OCH3 is 1. The number of tetrazole rings is 1. The van der Waals surface area contributed by atoms with E-state index in [1.807, 2.05) is 25.1 Å². The van der Waals surface area contributed by atoms with E-state index in [9.17, 15) is 0 Å². The molecule has 0 bridgehead atoms. The predicted molar refractivity (Wildman–Crippen MR) is 72.7 cm³/mol. The highest BCUT2D eigenvalue weighted by Crippen LogP contribution is 2.31. The van der Waals surface area contributed by atoms with Crippen LogP contribution in [-0.2, 0) is 6.54 Å². The number of aromatic nitrogens is 4. The van der Waals surface area contributed by atoms with Gasteiger partial charge in [0.05, 0.1) is 26.9 Å². The summed E-state index contributed by atoms with van der Waals surface area (Å²) in [6, 6.07) is 5.53. The van der Waals surface area contributed by atoms with Crippen LogP contribution in [0.1, 0.15) is 13.3 Å². The minimum absolute atomic E-state index is 0.0210. The molecule has 2 aromatic rings. The molecule has 0 aliphatic carbocycles. The van der Waals surface area contributed by atoms with Gasteiger partial charge in [-0.05, 0) is 35.0 Å². The molecule has 1 aromatic heterocycles. The molecule has 1 heterocycles. The third-order valence-electron chi connectivity index (χ3n) is 2.73. The quantitative estimate of drug-likeness (QED) is 0.817. The highest BCUT2D eigenvalue weighted by atomic mass is 16.5. The van der Waals surface area contributed by atoms with E-state index >= 15 is 0 Å². The van der Waals surface area contributed by atoms with Crippen LogP contribution in [0.5, 0.6) is 11.5 Å². The van der Waals surface area contributed by atoms with Crippen LogP contribution in [0.2, 0.25) is 0 Å². The molecule has 0 unspecified atom stereocenters. The highest BCUT2D eigenvalue weighted by molar-refractivity contribution is 5.60. The van der Waals surface area contributed by atoms with Crippen molar-refractivity contribution in [1.82, 2.24) is 20.2 Å². The van der Waals surface area contributed by atoms with Crippen molar-refractivity contribution < 1.29 is 14.6 Å². The van der Waals surface area contributed by atoms with Crippen LogP contribution in [0.25, 0.3) is 11.4 Å². The van der Waals surface area contributed by atoms with Gasteiger partial charge < -0.3 is 14.6 Å². The highest BCUT2D eigenvalue weighted by Gasteiger charge is 2.12. The van der Waals surface area contributed by atoms with Gasteiger partial charge in [0.15, 0.2) is 17.3 Å². The lowest BCUT2D eigenvalue weighted by atomic mass is 10.2. The Balaban J connectivity index is 2.30. The average molecular weight is 278 g/mol. The summed E-state index contributed by atoms with van der Waals surface area (Å²) in [6.45, 7) is 3.01. The largest absolute Gasteiger partial charge is 0.493 e. The second kappa shape index (κ2) is 6.85. The first-order valence-electron chi connectivity index (χ1n) is 6.48. The van der Waals surface area contributed by atoms with Gasteiger partial charge in [0.25, 0.3) is 0 Å². The molecule has 2 rings (SSSR count). The van der Waals surface area contributed by atoms with Crippen molar-refractivity contribution in [2.75, 3.05) is 20.3 Å². The third-order valence-corrected chi connectivity index (χ3v) is 2.73. The Morgan fingerprint density at radius 3 is 2.85 bits per heavy atom. The molecule has 7 nitrogen and oxygen atoms in total. The molecule has 0 aliphatic rings. The molecule has 0 spiro atoms. The molecule has 1 aromatic carbocycles. The van der Waals surface area contributed by atoms with Gasteiger partial charge >= 0.3 is 0 Å². The molecule has 0 saturated heterocycles. The SMILES string of the molecule is CCCOc1ccc(-c2nnnn2CCO)cc1OC. The molecule has 1 N–H and O–H groups in total. The molecule has 7 heteroatoms. The number of nitrogens with zero attached hydrogens (tertiary/aromatic N) is 4. The lowest BCUT2D eigenvalue weighted by molar-refractivity contribution is 0.268. The van der Waals surface area contributed by atoms with E-state index in [0.717, 1.165) is 12.0 Å². The van der Waals surface area contributed by atoms with Gasteiger partial charge in [0, 0.05) is 5.56 Å². The molecule has 0 saturated carbocycles. The van der Waals surface area contributed by atoms with Crippen LogP contribution < -0.4 is 9.47 Å². The molecule has 0 amide bonds. The van der Waals surface area contributed by atoms with Gasteiger partial charge in [-0.2, -0.15) is 0 Å². The molecular weight excluding hydrogens is 260 g/mol. The summed E-state index contributed by atoms with van der Waals surface area (Å²) >= 11 is 0. The first-order valence-corrected chi connectivity index (χ1v) is 6.48. The van der Waals surface area contributed by atoms with Crippen molar-refractivity contribution in [1.29, 1.82) is 0 Å². The van der Waals surface area contributed by atoms with Gasteiger partial charge in [0.1, 0.15) is 0 Å². The van der Waals surface area contributed by atoms with Crippen LogP contribution in [0.4, 0.5) is 0 Å². The minimum Gasteiger partial charge on any atom is -0.493 e. The van der Waals surface area contributed by atoms with E-state index < -0.39 is 0 Å². The summed E-state index contributed by atoms with van der Waals surface area (Å²) in [5.41, 5.74) is 0.809. The molecule has 0 atom stereocenters. The van der Waals surface area contributed by atoms with Gasteiger partial charge in [-0.1, -0.05) is 6.92 Å². The topological polar surface area (TPSA) is 82.3 Å². The van der Waals surface area contributed by atoms with E-state index in [0.29, 0.717) is 30.5 Å². The first-order chi connectivity index (χ1) is 9.80. The van der Waals surface area contributed by atoms with E-state index in [1.165, 1.54) is 0 Å². The van der Waals surface area contributed by atoms with Gasteiger partial charge in [-0.3, -0.25) is 0 Å². The number of ether oxygens (including phenoxy) is 2. The van der Waals surface area contributed by atoms with Crippen molar-refractivity contribution in [3.05, 3.63) is 18.2 Å². The maximum atomic E-state index is 8.99. The van der Waals surface area contributed by atoms with Gasteiger partial charge in [0.2, 0.25) is 0 Å². The van der Waals surface area contributed by atoms with E-state index in [-0.39, 0.29) is 6.61 Å². The fourth-order valence-corrected chi connectivity index (χ4v) is 1.79. The van der Waals surface area contributed by atoms with Crippen molar-refractivity contribution in [3.63, 3.8) is 0 Å². The zero-order valence-corrected chi connectivity index (χ0v) is 11.6. The number of hydrogen-bond acceptors (Lipinski definition) is 6. The number of hydrogen-bond donors (Lipinski definition) is 1. The maximum absolute atomic E-state index is 8.99. The summed E-state index contributed by atoms with van der Waals surface area (Å²) < 4.78 is 12.5. The van der Waals surface area contributed by atoms with E-state index in [4.69, 9.17) is 14.6 Å². The Hall–Kier alpha value is -2.15. The Morgan fingerprint density at radius 2 is 2.15 bits per heavy atom. The summed E-state index contributed by atoms with van der Waals surface area (Å²) in [5.74, 6) is 1.91. The van der Waals surface area contributed by atoms with Crippen molar-refractivity contribution in [2.24, 2.45) is 0 Å². The van der Waals surface area contributed by atoms with Crippen molar-refractivity contribution >= 4 is 0 Å². The van der Waals surface area contributed by atoms with Crippen molar-refractivity contribution in [3.8, 4) is 22.9 Å². The molecule has 0 aliphatic heterocycles. The molecule has 108 valence electrons. The molecular formula is C13H18N4O3. The predicted octanol–water partition coefficient (Wildman–Crippen LogP) is 1.13. The fourth-order valence-electron chi connectivity index (χ4n) is 1.79. The molecule has 0 fully saturated rings. The van der Waals surface area contributed by atoms with Crippen LogP contribution in [0.15, 0.2) is 18.2 Å². The van der Waals surface area contributed by atoms with Crippen LogP contribution in [0.3, 0.4) is 0 Å². The maximum Gasteiger partial charge on any atom is 0.182 e. The normalized spacial score (nSPS) is 10.6. The summed E-state index contributed by atoms with van der Waals surface area (Å²) in [5, 5.41) is 20.4. The van der Waals surface area contributed by atoms with Crippen LogP contribution in [0, 0.1) is 0 Å². The van der Waals surface area contributed by atoms with Gasteiger partial charge in [-0.25, -0.2) is 4.68 Å². The third kappa shape index (κ3) is 3.05. The zero-order valence-electron chi connectivity index (χ0n) is 11.6. The Morgan fingerprint density at radius 1 is 1.30 bits per heavy atom. The van der Waals surface area contributed by atoms with Crippen LogP contribution in [-0.4, -0.2) is 45.6 Å². The monoisotopic (exact) mass is 278 g/mol. The summed E-state index contributed by atoms with van der Waals surface area (Å²) in [4.78, 5) is 0. The lowest BCUT2D eigenvalue weighted by Crippen LogP contribution is -2.06. The fraction of sp³-hybridized carbons (Fsp3) is 0.462. The summed E-state index contributed by atoms with van der Waals surface area (Å²) in [6.07, 6.45) is 0.930. The minimum atomic E-state index is -0.0210. The number of benzene rings is 1. The Kier molecular flexibility index (Phi) is 4.89. The Bertz CT molecular complexity index is 556. The molecule has 20 heavy (non-hydrogen) atoms. The molecule has 0 radical (unpaired) electrons. The smallest absolute Gasteiger partial charge is 0.182 e. The lowest BCUT2D eigenvalue weighted by Gasteiger charge is -2.11. The Labute approximate surface area is 117 Å². The second-order valence-corrected chi connectivity index (χ2v) is 4.16. The first kappa shape index (κ1) is 14.3. The van der Waals surface area contributed by atoms with E-state index in [2.05, 4.69) is 15.5 Å². The zero-order chi connectivity index (χ0) is 14.4. The number of aliphatic hydroxyl groups excluding tert-OH is 1. The second-order valence-electron chi connectivity index (χ2n) is 4.16. The standard InChI is InChI=1S/C13H18N4O3/c1-3-8-20-11-5-4-10(9-12(11)19-2)13-14-15-16-17(13)6-7-18/h4-5,9,18H,3,6-8H2,1-2H3. The van der Waals surface area contributed by atoms with E-state index in [1.54, 1.807) is 11.8 Å².